The molecular formula is C20H19NO3. The summed E-state index contributed by atoms with van der Waals surface area (Å²) in [5, 5.41) is 3.73. The molecule has 3 rings (SSSR count). The van der Waals surface area contributed by atoms with Crippen LogP contribution < -0.4 is 10.9 Å². The maximum atomic E-state index is 12.3. The van der Waals surface area contributed by atoms with Crippen molar-refractivity contribution in [2.45, 2.75) is 27.3 Å². The summed E-state index contributed by atoms with van der Waals surface area (Å²) < 4.78 is 5.35. The van der Waals surface area contributed by atoms with Gasteiger partial charge in [0.25, 0.3) is 5.91 Å². The van der Waals surface area contributed by atoms with E-state index in [0.29, 0.717) is 11.1 Å². The first-order valence-electron chi connectivity index (χ1n) is 7.83. The van der Waals surface area contributed by atoms with E-state index in [9.17, 15) is 9.59 Å². The normalized spacial score (nSPS) is 10.8. The van der Waals surface area contributed by atoms with E-state index in [-0.39, 0.29) is 12.5 Å². The van der Waals surface area contributed by atoms with Crippen molar-refractivity contribution in [1.29, 1.82) is 0 Å². The zero-order valence-corrected chi connectivity index (χ0v) is 14.0. The van der Waals surface area contributed by atoms with E-state index in [1.54, 1.807) is 6.07 Å². The molecular weight excluding hydrogens is 302 g/mol. The van der Waals surface area contributed by atoms with Gasteiger partial charge in [0.15, 0.2) is 0 Å². The summed E-state index contributed by atoms with van der Waals surface area (Å²) in [4.78, 5) is 24.1. The monoisotopic (exact) mass is 321 g/mol. The molecule has 0 radical (unpaired) electrons. The fraction of sp³-hybridized carbons (Fsp3) is 0.200. The zero-order valence-electron chi connectivity index (χ0n) is 14.0. The number of aryl methyl sites for hydroxylation is 3. The van der Waals surface area contributed by atoms with Crippen LogP contribution in [0.3, 0.4) is 0 Å². The lowest BCUT2D eigenvalue weighted by atomic mass is 10.0. The van der Waals surface area contributed by atoms with Gasteiger partial charge in [0.05, 0.1) is 0 Å². The van der Waals surface area contributed by atoms with Crippen LogP contribution in [-0.4, -0.2) is 5.91 Å². The first-order valence-corrected chi connectivity index (χ1v) is 7.83. The largest absolute Gasteiger partial charge is 0.422 e. The van der Waals surface area contributed by atoms with E-state index in [1.165, 1.54) is 6.07 Å². The maximum Gasteiger partial charge on any atom is 0.336 e. The first kappa shape index (κ1) is 16.0. The van der Waals surface area contributed by atoms with E-state index in [4.69, 9.17) is 4.42 Å². The molecule has 1 heterocycles. The molecule has 0 atom stereocenters. The lowest BCUT2D eigenvalue weighted by Gasteiger charge is -2.10. The summed E-state index contributed by atoms with van der Waals surface area (Å²) in [6.07, 6.45) is 0. The first-order chi connectivity index (χ1) is 11.5. The lowest BCUT2D eigenvalue weighted by molar-refractivity contribution is 0.0951. The van der Waals surface area contributed by atoms with Gasteiger partial charge in [-0.2, -0.15) is 0 Å². The van der Waals surface area contributed by atoms with E-state index in [0.717, 1.165) is 27.6 Å². The number of carbonyl (C=O) groups excluding carboxylic acids is 1. The third-order valence-corrected chi connectivity index (χ3v) is 4.24. The highest BCUT2D eigenvalue weighted by atomic mass is 16.4. The number of nitrogens with one attached hydrogen (secondary N) is 1. The van der Waals surface area contributed by atoms with Gasteiger partial charge in [-0.1, -0.05) is 29.8 Å². The fourth-order valence-corrected chi connectivity index (χ4v) is 2.73. The molecule has 0 saturated heterocycles. The van der Waals surface area contributed by atoms with Gasteiger partial charge in [0.2, 0.25) is 0 Å². The van der Waals surface area contributed by atoms with Gasteiger partial charge >= 0.3 is 5.63 Å². The molecule has 0 spiro atoms. The Morgan fingerprint density at radius 2 is 1.88 bits per heavy atom. The standard InChI is InChI=1S/C20H19NO3/c1-12-5-4-6-15(9-12)20(23)21-11-16-10-18(22)24-19-14(3)13(2)7-8-17(16)19/h4-10H,11H2,1-3H3,(H,21,23). The third kappa shape index (κ3) is 3.08. The molecule has 4 heteroatoms. The van der Waals surface area contributed by atoms with Gasteiger partial charge in [-0.3, -0.25) is 4.79 Å². The summed E-state index contributed by atoms with van der Waals surface area (Å²) in [6.45, 7) is 6.12. The summed E-state index contributed by atoms with van der Waals surface area (Å²) >= 11 is 0. The van der Waals surface area contributed by atoms with Crippen molar-refractivity contribution >= 4 is 16.9 Å². The number of hydrogen-bond donors (Lipinski definition) is 1. The molecule has 3 aromatic rings. The molecule has 0 aliphatic rings. The van der Waals surface area contributed by atoms with Crippen molar-refractivity contribution in [2.24, 2.45) is 0 Å². The Hall–Kier alpha value is -2.88. The average Bonchev–Trinajstić information content (AvgIpc) is 2.56. The molecule has 0 unspecified atom stereocenters. The minimum Gasteiger partial charge on any atom is -0.422 e. The topological polar surface area (TPSA) is 59.3 Å². The molecule has 0 saturated carbocycles. The SMILES string of the molecule is Cc1cccc(C(=O)NCc2cc(=O)oc3c(C)c(C)ccc23)c1. The van der Waals surface area contributed by atoms with Crippen LogP contribution in [0.5, 0.6) is 0 Å². The second-order valence-electron chi connectivity index (χ2n) is 6.03. The fourth-order valence-electron chi connectivity index (χ4n) is 2.73. The Bertz CT molecular complexity index is 986. The van der Waals surface area contributed by atoms with Gasteiger partial charge in [-0.05, 0) is 49.6 Å². The molecule has 24 heavy (non-hydrogen) atoms. The molecule has 0 aliphatic carbocycles. The predicted molar refractivity (Wildman–Crippen MR) is 94.3 cm³/mol. The second-order valence-corrected chi connectivity index (χ2v) is 6.03. The number of hydrogen-bond acceptors (Lipinski definition) is 3. The predicted octanol–water partition coefficient (Wildman–Crippen LogP) is 3.65. The Morgan fingerprint density at radius 1 is 1.08 bits per heavy atom. The summed E-state index contributed by atoms with van der Waals surface area (Å²) in [6, 6.07) is 12.8. The van der Waals surface area contributed by atoms with Crippen LogP contribution in [0.2, 0.25) is 0 Å². The lowest BCUT2D eigenvalue weighted by Crippen LogP contribution is -2.23. The summed E-state index contributed by atoms with van der Waals surface area (Å²) in [7, 11) is 0. The molecule has 4 nitrogen and oxygen atoms in total. The Kier molecular flexibility index (Phi) is 4.21. The van der Waals surface area contributed by atoms with E-state index in [1.807, 2.05) is 51.1 Å². The number of amides is 1. The molecule has 0 fully saturated rings. The summed E-state index contributed by atoms with van der Waals surface area (Å²) in [5.41, 5.74) is 4.57. The molecule has 1 aromatic heterocycles. The van der Waals surface area contributed by atoms with Gasteiger partial charge in [-0.25, -0.2) is 4.79 Å². The van der Waals surface area contributed by atoms with Crippen molar-refractivity contribution in [2.75, 3.05) is 0 Å². The average molecular weight is 321 g/mol. The summed E-state index contributed by atoms with van der Waals surface area (Å²) in [5.74, 6) is -0.163. The van der Waals surface area contributed by atoms with Crippen LogP contribution >= 0.6 is 0 Å². The van der Waals surface area contributed by atoms with Crippen molar-refractivity contribution in [3.8, 4) is 0 Å². The van der Waals surface area contributed by atoms with Gasteiger partial charge in [0, 0.05) is 23.6 Å². The van der Waals surface area contributed by atoms with Crippen LogP contribution in [0, 0.1) is 20.8 Å². The van der Waals surface area contributed by atoms with Gasteiger partial charge < -0.3 is 9.73 Å². The van der Waals surface area contributed by atoms with Crippen molar-refractivity contribution in [1.82, 2.24) is 5.32 Å². The highest BCUT2D eigenvalue weighted by Crippen LogP contribution is 2.23. The molecule has 0 bridgehead atoms. The van der Waals surface area contributed by atoms with Crippen LogP contribution in [0.4, 0.5) is 0 Å². The van der Waals surface area contributed by atoms with Crippen molar-refractivity contribution < 1.29 is 9.21 Å². The molecule has 1 amide bonds. The van der Waals surface area contributed by atoms with Crippen LogP contribution in [0.25, 0.3) is 11.0 Å². The molecule has 122 valence electrons. The number of fused-ring (bicyclic) bond motifs is 1. The maximum absolute atomic E-state index is 12.3. The minimum atomic E-state index is -0.406. The highest BCUT2D eigenvalue weighted by molar-refractivity contribution is 5.94. The van der Waals surface area contributed by atoms with E-state index in [2.05, 4.69) is 5.32 Å². The Labute approximate surface area is 140 Å². The molecule has 2 aromatic carbocycles. The number of benzene rings is 2. The van der Waals surface area contributed by atoms with Crippen LogP contribution in [0.1, 0.15) is 32.6 Å². The van der Waals surface area contributed by atoms with E-state index < -0.39 is 5.63 Å². The molecule has 1 N–H and O–H groups in total. The van der Waals surface area contributed by atoms with Crippen LogP contribution in [-0.2, 0) is 6.54 Å². The third-order valence-electron chi connectivity index (χ3n) is 4.24. The number of rotatable bonds is 3. The van der Waals surface area contributed by atoms with Crippen molar-refractivity contribution in [3.63, 3.8) is 0 Å². The number of carbonyl (C=O) groups is 1. The second kappa shape index (κ2) is 6.32. The van der Waals surface area contributed by atoms with E-state index >= 15 is 0 Å². The van der Waals surface area contributed by atoms with Gasteiger partial charge in [-0.15, -0.1) is 0 Å². The quantitative estimate of drug-likeness (QED) is 0.749. The minimum absolute atomic E-state index is 0.163. The van der Waals surface area contributed by atoms with Crippen molar-refractivity contribution in [3.05, 3.63) is 80.7 Å². The Balaban J connectivity index is 1.92. The van der Waals surface area contributed by atoms with Gasteiger partial charge in [0.1, 0.15) is 5.58 Å². The molecule has 0 aliphatic heterocycles. The smallest absolute Gasteiger partial charge is 0.336 e. The van der Waals surface area contributed by atoms with Crippen LogP contribution in [0.15, 0.2) is 51.7 Å². The zero-order chi connectivity index (χ0) is 17.3. The highest BCUT2D eigenvalue weighted by Gasteiger charge is 2.11. The Morgan fingerprint density at radius 3 is 2.62 bits per heavy atom.